The third kappa shape index (κ3) is 3.57. The Hall–Kier alpha value is -4.85. The fraction of sp³-hybridized carbons (Fsp3) is 0.174. The van der Waals surface area contributed by atoms with Gasteiger partial charge in [-0.3, -0.25) is 4.57 Å². The third-order valence-corrected chi connectivity index (χ3v) is 5.61. The molecule has 11 nitrogen and oxygen atoms in total. The van der Waals surface area contributed by atoms with Crippen molar-refractivity contribution < 1.29 is 4.52 Å². The Balaban J connectivity index is 1.23. The molecule has 0 N–H and O–H groups in total. The van der Waals surface area contributed by atoms with Crippen molar-refractivity contribution in [2.75, 3.05) is 11.4 Å². The van der Waals surface area contributed by atoms with Gasteiger partial charge >= 0.3 is 0 Å². The molecule has 4 aromatic heterocycles. The van der Waals surface area contributed by atoms with E-state index in [2.05, 4.69) is 46.0 Å². The van der Waals surface area contributed by atoms with E-state index in [1.165, 1.54) is 0 Å². The van der Waals surface area contributed by atoms with Crippen molar-refractivity contribution in [2.24, 2.45) is 0 Å². The summed E-state index contributed by atoms with van der Waals surface area (Å²) in [5, 5.41) is 26.3. The fourth-order valence-electron chi connectivity index (χ4n) is 4.00. The van der Waals surface area contributed by atoms with E-state index in [0.29, 0.717) is 29.4 Å². The van der Waals surface area contributed by atoms with Gasteiger partial charge in [-0.2, -0.15) is 15.3 Å². The van der Waals surface area contributed by atoms with Crippen LogP contribution in [0.3, 0.4) is 0 Å². The number of hydrogen-bond donors (Lipinski definition) is 0. The topological polar surface area (TPSA) is 127 Å². The van der Waals surface area contributed by atoms with Crippen LogP contribution in [0.1, 0.15) is 17.8 Å². The largest absolute Gasteiger partial charge is 0.334 e. The van der Waals surface area contributed by atoms with Crippen LogP contribution >= 0.6 is 0 Å². The molecule has 0 saturated heterocycles. The van der Waals surface area contributed by atoms with Crippen molar-refractivity contribution in [3.05, 3.63) is 72.4 Å². The van der Waals surface area contributed by atoms with Crippen LogP contribution in [0.2, 0.25) is 0 Å². The summed E-state index contributed by atoms with van der Waals surface area (Å²) in [5.74, 6) is 3.19. The van der Waals surface area contributed by atoms with Crippen molar-refractivity contribution >= 4 is 5.95 Å². The minimum atomic E-state index is 0.384. The number of rotatable bonds is 5. The number of hydrogen-bond acceptors (Lipinski definition) is 9. The van der Waals surface area contributed by atoms with Crippen LogP contribution in [0.15, 0.2) is 65.6 Å². The average Bonchev–Trinajstić information content (AvgIpc) is 3.66. The molecule has 1 aromatic carbocycles. The molecule has 0 atom stereocenters. The summed E-state index contributed by atoms with van der Waals surface area (Å²) >= 11 is 0. The summed E-state index contributed by atoms with van der Waals surface area (Å²) in [5.41, 5.74) is 2.14. The van der Waals surface area contributed by atoms with Gasteiger partial charge in [0.1, 0.15) is 0 Å². The van der Waals surface area contributed by atoms with Gasteiger partial charge in [-0.1, -0.05) is 11.2 Å². The van der Waals surface area contributed by atoms with Gasteiger partial charge < -0.3 is 9.42 Å². The standard InChI is InChI=1S/C23H18N10O/c24-13-16-4-1-5-17(12-16)22-27-19(30-34-22)15-31-9-3-10-32-21(28-29-23(31)32)18-6-7-20(25-14-18)33-11-2-8-26-33/h1-2,4-8,11-12,14H,3,9-10,15H2. The van der Waals surface area contributed by atoms with Crippen LogP contribution in [0, 0.1) is 11.3 Å². The molecule has 5 heterocycles. The van der Waals surface area contributed by atoms with E-state index in [1.807, 2.05) is 30.5 Å². The second kappa shape index (κ2) is 8.25. The summed E-state index contributed by atoms with van der Waals surface area (Å²) in [6.07, 6.45) is 6.29. The molecule has 5 aromatic rings. The molecule has 0 unspecified atom stereocenters. The van der Waals surface area contributed by atoms with Gasteiger partial charge in [0.25, 0.3) is 5.89 Å². The minimum Gasteiger partial charge on any atom is -0.334 e. The lowest BCUT2D eigenvalue weighted by Gasteiger charge is -2.27. The van der Waals surface area contributed by atoms with Crippen LogP contribution in [0.5, 0.6) is 0 Å². The van der Waals surface area contributed by atoms with E-state index < -0.39 is 0 Å². The maximum Gasteiger partial charge on any atom is 0.258 e. The Labute approximate surface area is 193 Å². The molecule has 0 spiro atoms. The zero-order chi connectivity index (χ0) is 22.9. The average molecular weight is 450 g/mol. The van der Waals surface area contributed by atoms with Gasteiger partial charge in [0, 0.05) is 42.8 Å². The molecular formula is C23H18N10O. The molecule has 0 amide bonds. The Morgan fingerprint density at radius 3 is 2.85 bits per heavy atom. The highest BCUT2D eigenvalue weighted by Crippen LogP contribution is 2.27. The summed E-state index contributed by atoms with van der Waals surface area (Å²) in [6.45, 7) is 2.06. The molecule has 1 aliphatic rings. The highest BCUT2D eigenvalue weighted by molar-refractivity contribution is 5.58. The number of benzene rings is 1. The van der Waals surface area contributed by atoms with E-state index in [9.17, 15) is 0 Å². The third-order valence-electron chi connectivity index (χ3n) is 5.61. The number of fused-ring (bicyclic) bond motifs is 1. The van der Waals surface area contributed by atoms with Gasteiger partial charge in [-0.05, 0) is 42.8 Å². The van der Waals surface area contributed by atoms with E-state index >= 15 is 0 Å². The first-order chi connectivity index (χ1) is 16.8. The number of nitriles is 1. The summed E-state index contributed by atoms with van der Waals surface area (Å²) in [6, 6.07) is 15.0. The molecule has 0 bridgehead atoms. The molecule has 0 fully saturated rings. The van der Waals surface area contributed by atoms with E-state index in [1.54, 1.807) is 35.3 Å². The first-order valence-corrected chi connectivity index (χ1v) is 10.8. The van der Waals surface area contributed by atoms with Crippen LogP contribution < -0.4 is 4.90 Å². The van der Waals surface area contributed by atoms with Gasteiger partial charge in [0.2, 0.25) is 5.95 Å². The number of nitrogens with zero attached hydrogens (tertiary/aromatic N) is 10. The molecule has 0 saturated carbocycles. The Bertz CT molecular complexity index is 1480. The monoisotopic (exact) mass is 450 g/mol. The quantitative estimate of drug-likeness (QED) is 0.397. The second-order valence-electron chi connectivity index (χ2n) is 7.81. The second-order valence-corrected chi connectivity index (χ2v) is 7.81. The number of aromatic nitrogens is 8. The van der Waals surface area contributed by atoms with E-state index in [4.69, 9.17) is 9.78 Å². The maximum absolute atomic E-state index is 9.12. The summed E-state index contributed by atoms with van der Waals surface area (Å²) in [7, 11) is 0. The smallest absolute Gasteiger partial charge is 0.258 e. The normalized spacial score (nSPS) is 13.0. The lowest BCUT2D eigenvalue weighted by molar-refractivity contribution is 0.420. The van der Waals surface area contributed by atoms with Crippen LogP contribution in [0.25, 0.3) is 28.7 Å². The highest BCUT2D eigenvalue weighted by Gasteiger charge is 2.25. The van der Waals surface area contributed by atoms with Crippen LogP contribution in [-0.2, 0) is 13.1 Å². The molecular weight excluding hydrogens is 432 g/mol. The Morgan fingerprint density at radius 1 is 1.06 bits per heavy atom. The Kier molecular flexibility index (Phi) is 4.81. The number of anilines is 1. The Morgan fingerprint density at radius 2 is 2.03 bits per heavy atom. The fourth-order valence-corrected chi connectivity index (χ4v) is 4.00. The summed E-state index contributed by atoms with van der Waals surface area (Å²) < 4.78 is 9.24. The molecule has 6 rings (SSSR count). The van der Waals surface area contributed by atoms with Crippen molar-refractivity contribution in [1.29, 1.82) is 5.26 Å². The van der Waals surface area contributed by atoms with E-state index in [-0.39, 0.29) is 0 Å². The van der Waals surface area contributed by atoms with Crippen molar-refractivity contribution in [1.82, 2.24) is 39.7 Å². The SMILES string of the molecule is N#Cc1cccc(-c2nc(CN3CCCn4c(-c5ccc(-n6cccn6)nc5)nnc43)no2)c1. The molecule has 34 heavy (non-hydrogen) atoms. The van der Waals surface area contributed by atoms with Crippen molar-refractivity contribution in [3.8, 4) is 34.7 Å². The van der Waals surface area contributed by atoms with Gasteiger partial charge in [0.15, 0.2) is 17.5 Å². The molecule has 0 radical (unpaired) electrons. The van der Waals surface area contributed by atoms with Gasteiger partial charge in [-0.15, -0.1) is 10.2 Å². The van der Waals surface area contributed by atoms with Crippen LogP contribution in [0.4, 0.5) is 5.95 Å². The molecule has 0 aliphatic carbocycles. The molecule has 1 aliphatic heterocycles. The molecule has 11 heteroatoms. The van der Waals surface area contributed by atoms with Crippen molar-refractivity contribution in [2.45, 2.75) is 19.5 Å². The molecule has 166 valence electrons. The van der Waals surface area contributed by atoms with Gasteiger partial charge in [-0.25, -0.2) is 9.67 Å². The highest BCUT2D eigenvalue weighted by atomic mass is 16.5. The first-order valence-electron chi connectivity index (χ1n) is 10.8. The summed E-state index contributed by atoms with van der Waals surface area (Å²) in [4.78, 5) is 11.1. The predicted octanol–water partition coefficient (Wildman–Crippen LogP) is 2.86. The van der Waals surface area contributed by atoms with Gasteiger partial charge in [0.05, 0.1) is 18.2 Å². The van der Waals surface area contributed by atoms with Crippen molar-refractivity contribution in [3.63, 3.8) is 0 Å². The number of pyridine rings is 1. The maximum atomic E-state index is 9.12. The lowest BCUT2D eigenvalue weighted by atomic mass is 10.1. The predicted molar refractivity (Wildman–Crippen MR) is 120 cm³/mol. The zero-order valence-corrected chi connectivity index (χ0v) is 18.0. The zero-order valence-electron chi connectivity index (χ0n) is 18.0. The lowest BCUT2D eigenvalue weighted by Crippen LogP contribution is -2.32. The first kappa shape index (κ1) is 19.8. The van der Waals surface area contributed by atoms with Crippen LogP contribution in [-0.4, -0.2) is 46.2 Å². The minimum absolute atomic E-state index is 0.384. The van der Waals surface area contributed by atoms with E-state index in [0.717, 1.165) is 42.7 Å².